The van der Waals surface area contributed by atoms with Crippen molar-refractivity contribution in [1.82, 2.24) is 20.2 Å². The van der Waals surface area contributed by atoms with Gasteiger partial charge in [-0.1, -0.05) is 11.6 Å². The maximum Gasteiger partial charge on any atom is 0.296 e. The highest BCUT2D eigenvalue weighted by Gasteiger charge is 2.13. The molecule has 0 aliphatic heterocycles. The summed E-state index contributed by atoms with van der Waals surface area (Å²) in [5.41, 5.74) is 7.50. The molecule has 0 spiro atoms. The topological polar surface area (TPSA) is 109 Å². The minimum atomic E-state index is -0.498. The molecular formula is C19H21ClN6O2. The van der Waals surface area contributed by atoms with E-state index in [0.717, 1.165) is 12.1 Å². The predicted molar refractivity (Wildman–Crippen MR) is 110 cm³/mol. The highest BCUT2D eigenvalue weighted by Crippen LogP contribution is 2.32. The number of carbonyl (C=O) groups excluding carboxylic acids is 1. The van der Waals surface area contributed by atoms with Crippen LogP contribution in [0.3, 0.4) is 0 Å². The second kappa shape index (κ2) is 8.28. The molecule has 3 aromatic rings. The molecule has 9 heteroatoms. The zero-order chi connectivity index (χ0) is 20.3. The fourth-order valence-corrected chi connectivity index (χ4v) is 2.94. The molecule has 2 aromatic heterocycles. The number of fused-ring (bicyclic) bond motifs is 1. The van der Waals surface area contributed by atoms with Crippen LogP contribution in [0.5, 0.6) is 11.5 Å². The van der Waals surface area contributed by atoms with E-state index in [2.05, 4.69) is 20.3 Å². The Morgan fingerprint density at radius 3 is 2.79 bits per heavy atom. The number of amides is 1. The standard InChI is InChI=1S/C19H21ClN6O2/c1-22-19(21)25-18(27)17-7-14-15(20)5-12(6-16(14)24-17)28-13-4-11(8-23-9-13)10-26(2)3/h4-9,24H,10H2,1-3H3,(H3,21,22,25,27). The molecule has 0 saturated heterocycles. The molecule has 4 N–H and O–H groups in total. The fraction of sp³-hybridized carbons (Fsp3) is 0.211. The average molecular weight is 401 g/mol. The number of pyridine rings is 1. The molecular weight excluding hydrogens is 380 g/mol. The number of H-pyrrole nitrogens is 1. The summed E-state index contributed by atoms with van der Waals surface area (Å²) >= 11 is 6.37. The summed E-state index contributed by atoms with van der Waals surface area (Å²) in [7, 11) is 5.55. The van der Waals surface area contributed by atoms with Gasteiger partial charge in [-0.2, -0.15) is 4.99 Å². The first-order valence-corrected chi connectivity index (χ1v) is 8.88. The number of carbonyl (C=O) groups is 1. The van der Waals surface area contributed by atoms with E-state index < -0.39 is 5.91 Å². The van der Waals surface area contributed by atoms with Gasteiger partial charge in [0.25, 0.3) is 5.91 Å². The monoisotopic (exact) mass is 400 g/mol. The average Bonchev–Trinajstić information content (AvgIpc) is 3.06. The fourth-order valence-electron chi connectivity index (χ4n) is 2.68. The van der Waals surface area contributed by atoms with E-state index in [0.29, 0.717) is 27.4 Å². The van der Waals surface area contributed by atoms with Crippen molar-refractivity contribution in [3.05, 3.63) is 52.9 Å². The Labute approximate surface area is 167 Å². The summed E-state index contributed by atoms with van der Waals surface area (Å²) in [6, 6.07) is 7.01. The molecule has 1 amide bonds. The SMILES string of the molecule is CNC(N)=NC(=O)c1cc2c(Cl)cc(Oc3cncc(CN(C)C)c3)cc2[nH]1. The van der Waals surface area contributed by atoms with E-state index in [1.54, 1.807) is 37.6 Å². The third-order valence-electron chi connectivity index (χ3n) is 3.87. The molecule has 0 bridgehead atoms. The van der Waals surface area contributed by atoms with Gasteiger partial charge in [0.1, 0.15) is 17.2 Å². The second-order valence-electron chi connectivity index (χ2n) is 6.47. The minimum absolute atomic E-state index is 0.0314. The maximum absolute atomic E-state index is 12.2. The van der Waals surface area contributed by atoms with Gasteiger partial charge in [-0.05, 0) is 31.8 Å². The molecule has 0 fully saturated rings. The Morgan fingerprint density at radius 2 is 2.07 bits per heavy atom. The molecule has 2 heterocycles. The van der Waals surface area contributed by atoms with Crippen molar-refractivity contribution in [3.63, 3.8) is 0 Å². The van der Waals surface area contributed by atoms with Crippen molar-refractivity contribution in [2.45, 2.75) is 6.54 Å². The normalized spacial score (nSPS) is 11.8. The van der Waals surface area contributed by atoms with E-state index in [1.165, 1.54) is 0 Å². The lowest BCUT2D eigenvalue weighted by molar-refractivity contribution is 0.0998. The van der Waals surface area contributed by atoms with Gasteiger partial charge < -0.3 is 25.7 Å². The number of aromatic amines is 1. The van der Waals surface area contributed by atoms with Gasteiger partial charge in [0.2, 0.25) is 0 Å². The van der Waals surface area contributed by atoms with Crippen LogP contribution in [0.1, 0.15) is 16.1 Å². The first-order chi connectivity index (χ1) is 13.4. The number of halogens is 1. The largest absolute Gasteiger partial charge is 0.456 e. The van der Waals surface area contributed by atoms with Gasteiger partial charge in [-0.25, -0.2) is 0 Å². The number of nitrogens with zero attached hydrogens (tertiary/aromatic N) is 3. The van der Waals surface area contributed by atoms with Crippen LogP contribution in [0.15, 0.2) is 41.7 Å². The quantitative estimate of drug-likeness (QED) is 0.449. The number of aromatic nitrogens is 2. The van der Waals surface area contributed by atoms with Crippen LogP contribution < -0.4 is 15.8 Å². The van der Waals surface area contributed by atoms with Crippen LogP contribution in [0.4, 0.5) is 0 Å². The molecule has 0 atom stereocenters. The number of guanidine groups is 1. The predicted octanol–water partition coefficient (Wildman–Crippen LogP) is 2.74. The number of hydrogen-bond donors (Lipinski definition) is 3. The second-order valence-corrected chi connectivity index (χ2v) is 6.88. The van der Waals surface area contributed by atoms with Crippen molar-refractivity contribution >= 4 is 34.4 Å². The molecule has 0 radical (unpaired) electrons. The van der Waals surface area contributed by atoms with Crippen molar-refractivity contribution in [1.29, 1.82) is 0 Å². The number of aliphatic imine (C=N–C) groups is 1. The van der Waals surface area contributed by atoms with E-state index in [-0.39, 0.29) is 11.7 Å². The van der Waals surface area contributed by atoms with E-state index in [1.807, 2.05) is 25.1 Å². The van der Waals surface area contributed by atoms with Gasteiger partial charge in [-0.3, -0.25) is 9.78 Å². The van der Waals surface area contributed by atoms with E-state index >= 15 is 0 Å². The third kappa shape index (κ3) is 4.59. The van der Waals surface area contributed by atoms with Gasteiger partial charge in [0.15, 0.2) is 5.96 Å². The summed E-state index contributed by atoms with van der Waals surface area (Å²) in [6.45, 7) is 0.752. The van der Waals surface area contributed by atoms with Crippen molar-refractivity contribution < 1.29 is 9.53 Å². The number of nitrogens with two attached hydrogens (primary N) is 1. The highest BCUT2D eigenvalue weighted by molar-refractivity contribution is 6.35. The Hall–Kier alpha value is -3.10. The van der Waals surface area contributed by atoms with Gasteiger partial charge >= 0.3 is 0 Å². The maximum atomic E-state index is 12.2. The van der Waals surface area contributed by atoms with Crippen LogP contribution in [-0.2, 0) is 6.54 Å². The Balaban J connectivity index is 1.88. The molecule has 0 unspecified atom stereocenters. The lowest BCUT2D eigenvalue weighted by atomic mass is 10.2. The molecule has 0 saturated carbocycles. The van der Waals surface area contributed by atoms with Crippen molar-refractivity contribution in [2.75, 3.05) is 21.1 Å². The number of ether oxygens (including phenoxy) is 1. The minimum Gasteiger partial charge on any atom is -0.456 e. The molecule has 8 nitrogen and oxygen atoms in total. The molecule has 146 valence electrons. The van der Waals surface area contributed by atoms with E-state index in [9.17, 15) is 4.79 Å². The molecule has 1 aromatic carbocycles. The lowest BCUT2D eigenvalue weighted by Crippen LogP contribution is -2.28. The Bertz CT molecular complexity index is 1040. The first-order valence-electron chi connectivity index (χ1n) is 8.50. The van der Waals surface area contributed by atoms with E-state index in [4.69, 9.17) is 22.1 Å². The van der Waals surface area contributed by atoms with Crippen LogP contribution in [0, 0.1) is 0 Å². The van der Waals surface area contributed by atoms with Gasteiger partial charge in [0.05, 0.1) is 16.7 Å². The zero-order valence-electron chi connectivity index (χ0n) is 15.8. The van der Waals surface area contributed by atoms with Crippen LogP contribution in [0.2, 0.25) is 5.02 Å². The number of rotatable bonds is 5. The molecule has 0 aliphatic carbocycles. The smallest absolute Gasteiger partial charge is 0.296 e. The summed E-state index contributed by atoms with van der Waals surface area (Å²) in [4.78, 5) is 25.2. The highest BCUT2D eigenvalue weighted by atomic mass is 35.5. The number of hydrogen-bond acceptors (Lipinski definition) is 4. The van der Waals surface area contributed by atoms with Gasteiger partial charge in [0, 0.05) is 37.3 Å². The van der Waals surface area contributed by atoms with Crippen LogP contribution >= 0.6 is 11.6 Å². The van der Waals surface area contributed by atoms with Crippen molar-refractivity contribution in [2.24, 2.45) is 10.7 Å². The Kier molecular flexibility index (Phi) is 5.81. The molecule has 3 rings (SSSR count). The summed E-state index contributed by atoms with van der Waals surface area (Å²) < 4.78 is 5.91. The van der Waals surface area contributed by atoms with Crippen LogP contribution in [-0.4, -0.2) is 47.9 Å². The summed E-state index contributed by atoms with van der Waals surface area (Å²) in [6.07, 6.45) is 3.43. The van der Waals surface area contributed by atoms with Crippen LogP contribution in [0.25, 0.3) is 10.9 Å². The summed E-state index contributed by atoms with van der Waals surface area (Å²) in [5.74, 6) is 0.662. The molecule has 0 aliphatic rings. The molecule has 28 heavy (non-hydrogen) atoms. The van der Waals surface area contributed by atoms with Crippen molar-refractivity contribution in [3.8, 4) is 11.5 Å². The first kappa shape index (κ1) is 19.7. The lowest BCUT2D eigenvalue weighted by Gasteiger charge is -2.11. The Morgan fingerprint density at radius 1 is 1.29 bits per heavy atom. The zero-order valence-corrected chi connectivity index (χ0v) is 16.5. The summed E-state index contributed by atoms with van der Waals surface area (Å²) in [5, 5.41) is 3.74. The van der Waals surface area contributed by atoms with Gasteiger partial charge in [-0.15, -0.1) is 0 Å². The number of nitrogens with one attached hydrogen (secondary N) is 2. The third-order valence-corrected chi connectivity index (χ3v) is 4.19. The number of benzene rings is 1.